The lowest BCUT2D eigenvalue weighted by molar-refractivity contribution is -0.170. The van der Waals surface area contributed by atoms with Gasteiger partial charge >= 0.3 is 17.9 Å². The number of hydrogen-bond acceptors (Lipinski definition) is 5. The summed E-state index contributed by atoms with van der Waals surface area (Å²) in [4.78, 5) is 36.1. The maximum atomic E-state index is 12.3. The smallest absolute Gasteiger partial charge is 0.310 e. The van der Waals surface area contributed by atoms with Crippen molar-refractivity contribution in [3.05, 3.63) is 0 Å². The highest BCUT2D eigenvalue weighted by molar-refractivity contribution is 5.87. The summed E-state index contributed by atoms with van der Waals surface area (Å²) in [5.41, 5.74) is 0. The summed E-state index contributed by atoms with van der Waals surface area (Å²) in [7, 11) is 0. The first-order chi connectivity index (χ1) is 11.0. The molecule has 0 spiro atoms. The van der Waals surface area contributed by atoms with E-state index in [-0.39, 0.29) is 6.61 Å². The maximum absolute atomic E-state index is 12.3. The zero-order valence-electron chi connectivity index (χ0n) is 14.1. The van der Waals surface area contributed by atoms with Crippen LogP contribution in [0.3, 0.4) is 0 Å². The van der Waals surface area contributed by atoms with E-state index in [0.29, 0.717) is 25.9 Å². The molecule has 1 aliphatic carbocycles. The van der Waals surface area contributed by atoms with Gasteiger partial charge in [0.15, 0.2) is 0 Å². The summed E-state index contributed by atoms with van der Waals surface area (Å²) < 4.78 is 10.4. The monoisotopic (exact) mass is 328 g/mol. The summed E-state index contributed by atoms with van der Waals surface area (Å²) in [6.45, 7) is 4.53. The van der Waals surface area contributed by atoms with E-state index in [4.69, 9.17) is 9.47 Å². The molecule has 3 unspecified atom stereocenters. The van der Waals surface area contributed by atoms with Gasteiger partial charge in [-0.1, -0.05) is 33.1 Å². The normalized spacial score (nSPS) is 24.0. The Morgan fingerprint density at radius 2 is 1.43 bits per heavy atom. The zero-order chi connectivity index (χ0) is 17.2. The predicted octanol–water partition coefficient (Wildman–Crippen LogP) is 2.79. The van der Waals surface area contributed by atoms with E-state index in [1.165, 1.54) is 0 Å². The van der Waals surface area contributed by atoms with Crippen LogP contribution < -0.4 is 0 Å². The predicted molar refractivity (Wildman–Crippen MR) is 83.7 cm³/mol. The number of ether oxygens (including phenoxy) is 2. The zero-order valence-corrected chi connectivity index (χ0v) is 14.1. The summed E-state index contributed by atoms with van der Waals surface area (Å²) in [6.07, 6.45) is 4.72. The van der Waals surface area contributed by atoms with Gasteiger partial charge in [0.2, 0.25) is 0 Å². The first kappa shape index (κ1) is 19.5. The molecule has 0 amide bonds. The third kappa shape index (κ3) is 5.84. The Morgan fingerprint density at radius 1 is 0.913 bits per heavy atom. The highest BCUT2D eigenvalue weighted by atomic mass is 16.5. The number of carboxylic acid groups (broad SMARTS) is 1. The first-order valence-corrected chi connectivity index (χ1v) is 8.58. The Balaban J connectivity index is 2.80. The van der Waals surface area contributed by atoms with Gasteiger partial charge in [-0.2, -0.15) is 0 Å². The van der Waals surface area contributed by atoms with Gasteiger partial charge in [0, 0.05) is 0 Å². The van der Waals surface area contributed by atoms with Crippen molar-refractivity contribution in [3.8, 4) is 0 Å². The van der Waals surface area contributed by atoms with Crippen LogP contribution in [0.4, 0.5) is 0 Å². The molecule has 1 saturated carbocycles. The van der Waals surface area contributed by atoms with Gasteiger partial charge in [0.1, 0.15) is 0 Å². The van der Waals surface area contributed by atoms with Gasteiger partial charge < -0.3 is 14.6 Å². The van der Waals surface area contributed by atoms with Gasteiger partial charge in [-0.05, 0) is 25.7 Å². The molecule has 132 valence electrons. The highest BCUT2D eigenvalue weighted by Gasteiger charge is 2.46. The Kier molecular flexibility index (Phi) is 8.66. The molecule has 6 nitrogen and oxygen atoms in total. The van der Waals surface area contributed by atoms with Crippen LogP contribution in [0.2, 0.25) is 0 Å². The fraction of sp³-hybridized carbons (Fsp3) is 0.824. The maximum Gasteiger partial charge on any atom is 0.310 e. The largest absolute Gasteiger partial charge is 0.481 e. The van der Waals surface area contributed by atoms with E-state index in [1.54, 1.807) is 0 Å². The second-order valence-corrected chi connectivity index (χ2v) is 6.05. The van der Waals surface area contributed by atoms with Crippen molar-refractivity contribution in [1.82, 2.24) is 0 Å². The Hall–Kier alpha value is -1.59. The quantitative estimate of drug-likeness (QED) is 0.517. The fourth-order valence-corrected chi connectivity index (χ4v) is 2.90. The number of unbranched alkanes of at least 4 members (excludes halogenated alkanes) is 2. The summed E-state index contributed by atoms with van der Waals surface area (Å²) >= 11 is 0. The molecule has 3 atom stereocenters. The van der Waals surface area contributed by atoms with E-state index in [2.05, 4.69) is 0 Å². The van der Waals surface area contributed by atoms with Crippen LogP contribution in [-0.4, -0.2) is 36.2 Å². The molecule has 0 aromatic rings. The molecule has 1 fully saturated rings. The molecule has 0 aromatic carbocycles. The molecule has 0 radical (unpaired) electrons. The van der Waals surface area contributed by atoms with E-state index in [9.17, 15) is 19.5 Å². The molecule has 0 heterocycles. The number of esters is 2. The molecule has 1 aliphatic rings. The van der Waals surface area contributed by atoms with Gasteiger partial charge in [-0.15, -0.1) is 0 Å². The number of carbonyl (C=O) groups is 3. The van der Waals surface area contributed by atoms with Crippen molar-refractivity contribution in [3.63, 3.8) is 0 Å². The summed E-state index contributed by atoms with van der Waals surface area (Å²) in [5.74, 6) is -4.62. The van der Waals surface area contributed by atoms with Crippen LogP contribution >= 0.6 is 0 Å². The van der Waals surface area contributed by atoms with Crippen LogP contribution in [0.5, 0.6) is 0 Å². The third-order valence-electron chi connectivity index (χ3n) is 4.27. The van der Waals surface area contributed by atoms with Crippen LogP contribution in [0, 0.1) is 17.8 Å². The molecule has 1 N–H and O–H groups in total. The van der Waals surface area contributed by atoms with Gasteiger partial charge in [-0.3, -0.25) is 14.4 Å². The Labute approximate surface area is 137 Å². The van der Waals surface area contributed by atoms with Crippen molar-refractivity contribution in [1.29, 1.82) is 0 Å². The minimum Gasteiger partial charge on any atom is -0.481 e. The van der Waals surface area contributed by atoms with E-state index >= 15 is 0 Å². The van der Waals surface area contributed by atoms with Crippen molar-refractivity contribution in [2.75, 3.05) is 13.2 Å². The van der Waals surface area contributed by atoms with Crippen molar-refractivity contribution < 1.29 is 29.0 Å². The number of hydrogen-bond donors (Lipinski definition) is 1. The molecular formula is C17H28O6. The van der Waals surface area contributed by atoms with Crippen LogP contribution in [0.1, 0.15) is 58.8 Å². The molecular weight excluding hydrogens is 300 g/mol. The highest BCUT2D eigenvalue weighted by Crippen LogP contribution is 2.37. The number of carbonyl (C=O) groups excluding carboxylic acids is 2. The van der Waals surface area contributed by atoms with Gasteiger partial charge in [0.05, 0.1) is 31.0 Å². The third-order valence-corrected chi connectivity index (χ3v) is 4.27. The lowest BCUT2D eigenvalue weighted by atomic mass is 9.72. The Bertz CT molecular complexity index is 406. The summed E-state index contributed by atoms with van der Waals surface area (Å²) in [6, 6.07) is 0. The van der Waals surface area contributed by atoms with Crippen LogP contribution in [0.15, 0.2) is 0 Å². The lowest BCUT2D eigenvalue weighted by Crippen LogP contribution is -2.43. The molecule has 0 bridgehead atoms. The van der Waals surface area contributed by atoms with Crippen molar-refractivity contribution in [2.24, 2.45) is 17.8 Å². The van der Waals surface area contributed by atoms with Gasteiger partial charge in [-0.25, -0.2) is 0 Å². The SMILES string of the molecule is CCCCOC(=O)C1CCCC(C(=O)O)C1C(=O)OCCCC. The number of rotatable bonds is 9. The minimum absolute atomic E-state index is 0.260. The summed E-state index contributed by atoms with van der Waals surface area (Å²) in [5, 5.41) is 9.38. The second-order valence-electron chi connectivity index (χ2n) is 6.05. The van der Waals surface area contributed by atoms with E-state index < -0.39 is 35.7 Å². The average molecular weight is 328 g/mol. The minimum atomic E-state index is -1.05. The molecule has 23 heavy (non-hydrogen) atoms. The molecule has 0 aliphatic heterocycles. The van der Waals surface area contributed by atoms with E-state index in [0.717, 1.165) is 25.7 Å². The van der Waals surface area contributed by atoms with Crippen molar-refractivity contribution in [2.45, 2.75) is 58.8 Å². The van der Waals surface area contributed by atoms with Crippen molar-refractivity contribution >= 4 is 17.9 Å². The topological polar surface area (TPSA) is 89.9 Å². The van der Waals surface area contributed by atoms with E-state index in [1.807, 2.05) is 13.8 Å². The average Bonchev–Trinajstić information content (AvgIpc) is 2.54. The fourth-order valence-electron chi connectivity index (χ4n) is 2.90. The molecule has 0 saturated heterocycles. The lowest BCUT2D eigenvalue weighted by Gasteiger charge is -2.33. The Morgan fingerprint density at radius 3 is 1.96 bits per heavy atom. The standard InChI is InChI=1S/C17H28O6/c1-3-5-10-22-16(20)13-9-7-8-12(15(18)19)14(13)17(21)23-11-6-4-2/h12-14H,3-11H2,1-2H3,(H,18,19). The van der Waals surface area contributed by atoms with Crippen LogP contribution in [-0.2, 0) is 23.9 Å². The first-order valence-electron chi connectivity index (χ1n) is 8.58. The number of carboxylic acids is 1. The molecule has 0 aromatic heterocycles. The number of aliphatic carboxylic acids is 1. The second kappa shape index (κ2) is 10.2. The van der Waals surface area contributed by atoms with Crippen LogP contribution in [0.25, 0.3) is 0 Å². The molecule has 1 rings (SSSR count). The van der Waals surface area contributed by atoms with Gasteiger partial charge in [0.25, 0.3) is 0 Å². The molecule has 6 heteroatoms.